The molecule has 2 nitrogen and oxygen atoms in total. The maximum Gasteiger partial charge on any atom is 0.118 e. The number of allylic oxidation sites excluding steroid dienone is 2. The van der Waals surface area contributed by atoms with Crippen molar-refractivity contribution < 1.29 is 5.32 Å². The summed E-state index contributed by atoms with van der Waals surface area (Å²) in [4.78, 5) is 7.15. The fraction of sp³-hybridized carbons (Fsp3) is 0.308. The van der Waals surface area contributed by atoms with Crippen LogP contribution in [0, 0.1) is 0 Å². The Morgan fingerprint density at radius 2 is 1.94 bits per heavy atom. The molecule has 0 bridgehead atoms. The number of rotatable bonds is 2. The van der Waals surface area contributed by atoms with E-state index >= 15 is 0 Å². The molecule has 16 heavy (non-hydrogen) atoms. The predicted octanol–water partition coefficient (Wildman–Crippen LogP) is 2.05. The highest BCUT2D eigenvalue weighted by Gasteiger charge is 2.14. The molecule has 2 rings (SSSR count). The second-order valence-electron chi connectivity index (χ2n) is 3.89. The first-order valence-corrected chi connectivity index (χ1v) is 6.37. The van der Waals surface area contributed by atoms with Gasteiger partial charge < -0.3 is 5.32 Å². The SMILES string of the molecule is CC1=NCC[NH2+]C(C)=C1Sc1ccccc1. The first-order valence-electron chi connectivity index (χ1n) is 5.56. The van der Waals surface area contributed by atoms with Gasteiger partial charge in [0.2, 0.25) is 0 Å². The van der Waals surface area contributed by atoms with Crippen LogP contribution >= 0.6 is 11.8 Å². The molecule has 1 aromatic rings. The normalized spacial score (nSPS) is 17.0. The molecular weight excluding hydrogens is 216 g/mol. The van der Waals surface area contributed by atoms with Crippen molar-refractivity contribution in [3.05, 3.63) is 40.9 Å². The summed E-state index contributed by atoms with van der Waals surface area (Å²) in [5.74, 6) is 0. The lowest BCUT2D eigenvalue weighted by molar-refractivity contribution is -0.603. The van der Waals surface area contributed by atoms with E-state index in [1.54, 1.807) is 0 Å². The summed E-state index contributed by atoms with van der Waals surface area (Å²) in [5, 5.41) is 2.28. The van der Waals surface area contributed by atoms with E-state index in [9.17, 15) is 0 Å². The van der Waals surface area contributed by atoms with Crippen LogP contribution in [0.1, 0.15) is 13.8 Å². The fourth-order valence-corrected chi connectivity index (χ4v) is 2.71. The van der Waals surface area contributed by atoms with Crippen molar-refractivity contribution in [3.8, 4) is 0 Å². The minimum atomic E-state index is 0.919. The molecule has 0 radical (unpaired) electrons. The molecule has 0 unspecified atom stereocenters. The van der Waals surface area contributed by atoms with Crippen molar-refractivity contribution in [2.24, 2.45) is 4.99 Å². The van der Waals surface area contributed by atoms with Crippen molar-refractivity contribution in [1.29, 1.82) is 0 Å². The molecule has 2 N–H and O–H groups in total. The van der Waals surface area contributed by atoms with E-state index in [1.165, 1.54) is 21.2 Å². The highest BCUT2D eigenvalue weighted by Crippen LogP contribution is 2.28. The number of thioether (sulfide) groups is 1. The summed E-state index contributed by atoms with van der Waals surface area (Å²) in [6.45, 7) is 6.26. The van der Waals surface area contributed by atoms with Gasteiger partial charge in [0.25, 0.3) is 0 Å². The molecule has 0 fully saturated rings. The lowest BCUT2D eigenvalue weighted by atomic mass is 10.3. The van der Waals surface area contributed by atoms with E-state index in [-0.39, 0.29) is 0 Å². The van der Waals surface area contributed by atoms with Crippen molar-refractivity contribution in [2.75, 3.05) is 13.1 Å². The molecule has 0 spiro atoms. The monoisotopic (exact) mass is 233 g/mol. The minimum absolute atomic E-state index is 0.919. The number of quaternary nitrogens is 1. The number of hydrogen-bond acceptors (Lipinski definition) is 2. The van der Waals surface area contributed by atoms with E-state index in [0.717, 1.165) is 13.1 Å². The Kier molecular flexibility index (Phi) is 3.80. The third kappa shape index (κ3) is 2.74. The lowest BCUT2D eigenvalue weighted by Crippen LogP contribution is -2.82. The average Bonchev–Trinajstić information content (AvgIpc) is 2.46. The van der Waals surface area contributed by atoms with Crippen LogP contribution in [0.3, 0.4) is 0 Å². The average molecular weight is 233 g/mol. The Morgan fingerprint density at radius 3 is 2.69 bits per heavy atom. The van der Waals surface area contributed by atoms with Crippen LogP contribution in [0.15, 0.2) is 50.8 Å². The molecule has 0 aliphatic carbocycles. The third-order valence-electron chi connectivity index (χ3n) is 2.58. The number of hydrogen-bond donors (Lipinski definition) is 1. The number of aliphatic imine (C=N–C) groups is 1. The Bertz CT molecular complexity index is 421. The van der Waals surface area contributed by atoms with E-state index in [0.29, 0.717) is 0 Å². The smallest absolute Gasteiger partial charge is 0.118 e. The molecule has 84 valence electrons. The topological polar surface area (TPSA) is 29.0 Å². The van der Waals surface area contributed by atoms with Crippen molar-refractivity contribution in [3.63, 3.8) is 0 Å². The number of nitrogens with zero attached hydrogens (tertiary/aromatic N) is 1. The van der Waals surface area contributed by atoms with Gasteiger partial charge in [0.05, 0.1) is 23.7 Å². The molecule has 0 atom stereocenters. The third-order valence-corrected chi connectivity index (χ3v) is 3.91. The van der Waals surface area contributed by atoms with Crippen LogP contribution in [-0.4, -0.2) is 18.8 Å². The summed E-state index contributed by atoms with van der Waals surface area (Å²) in [7, 11) is 0. The molecular formula is C13H17N2S+. The largest absolute Gasteiger partial charge is 0.315 e. The Balaban J connectivity index is 2.25. The van der Waals surface area contributed by atoms with E-state index in [1.807, 2.05) is 17.8 Å². The van der Waals surface area contributed by atoms with Gasteiger partial charge in [0.15, 0.2) is 0 Å². The predicted molar refractivity (Wildman–Crippen MR) is 69.8 cm³/mol. The van der Waals surface area contributed by atoms with Gasteiger partial charge in [-0.05, 0) is 19.1 Å². The molecule has 1 aliphatic rings. The van der Waals surface area contributed by atoms with Crippen LogP contribution in [-0.2, 0) is 0 Å². The highest BCUT2D eigenvalue weighted by molar-refractivity contribution is 8.04. The summed E-state index contributed by atoms with van der Waals surface area (Å²) >= 11 is 1.81. The van der Waals surface area contributed by atoms with Gasteiger partial charge in [-0.2, -0.15) is 0 Å². The van der Waals surface area contributed by atoms with Crippen molar-refractivity contribution in [1.82, 2.24) is 0 Å². The molecule has 1 aliphatic heterocycles. The molecule has 1 heterocycles. The number of nitrogens with two attached hydrogens (primary N) is 1. The van der Waals surface area contributed by atoms with Gasteiger partial charge in [-0.15, -0.1) is 0 Å². The molecule has 3 heteroatoms. The Labute approximate surface area is 101 Å². The maximum absolute atomic E-state index is 4.56. The van der Waals surface area contributed by atoms with E-state index in [4.69, 9.17) is 0 Å². The van der Waals surface area contributed by atoms with Crippen molar-refractivity contribution in [2.45, 2.75) is 18.7 Å². The van der Waals surface area contributed by atoms with Gasteiger partial charge in [-0.25, -0.2) is 0 Å². The Morgan fingerprint density at radius 1 is 1.19 bits per heavy atom. The van der Waals surface area contributed by atoms with Crippen LogP contribution in [0.25, 0.3) is 0 Å². The van der Waals surface area contributed by atoms with E-state index in [2.05, 4.69) is 48.4 Å². The minimum Gasteiger partial charge on any atom is -0.315 e. The molecule has 0 aromatic heterocycles. The van der Waals surface area contributed by atoms with E-state index < -0.39 is 0 Å². The van der Waals surface area contributed by atoms with Gasteiger partial charge in [-0.3, -0.25) is 4.99 Å². The standard InChI is InChI=1S/C13H16N2S/c1-10-13(11(2)15-9-8-14-10)16-12-6-4-3-5-7-12/h3-7,14H,8-9H2,1-2H3/p+1. The molecule has 0 saturated carbocycles. The zero-order valence-electron chi connectivity index (χ0n) is 9.73. The van der Waals surface area contributed by atoms with Crippen LogP contribution in [0.2, 0.25) is 0 Å². The zero-order chi connectivity index (χ0) is 11.4. The lowest BCUT2D eigenvalue weighted by Gasteiger charge is -2.06. The van der Waals surface area contributed by atoms with Gasteiger partial charge in [0, 0.05) is 11.8 Å². The summed E-state index contributed by atoms with van der Waals surface area (Å²) < 4.78 is 0. The second-order valence-corrected chi connectivity index (χ2v) is 4.97. The van der Waals surface area contributed by atoms with Crippen molar-refractivity contribution >= 4 is 17.5 Å². The number of benzene rings is 1. The molecule has 0 amide bonds. The first-order chi connectivity index (χ1) is 7.77. The second kappa shape index (κ2) is 5.32. The van der Waals surface area contributed by atoms with Gasteiger partial charge in [0.1, 0.15) is 5.70 Å². The maximum atomic E-state index is 4.56. The zero-order valence-corrected chi connectivity index (χ0v) is 10.6. The quantitative estimate of drug-likeness (QED) is 0.832. The van der Waals surface area contributed by atoms with Gasteiger partial charge in [-0.1, -0.05) is 30.0 Å². The summed E-state index contributed by atoms with van der Waals surface area (Å²) in [5.41, 5.74) is 2.52. The van der Waals surface area contributed by atoms with Crippen LogP contribution < -0.4 is 5.32 Å². The summed E-state index contributed by atoms with van der Waals surface area (Å²) in [6, 6.07) is 10.5. The first kappa shape index (κ1) is 11.4. The van der Waals surface area contributed by atoms with Crippen LogP contribution in [0.5, 0.6) is 0 Å². The Hall–Kier alpha value is -1.06. The molecule has 1 aromatic carbocycles. The fourth-order valence-electron chi connectivity index (χ4n) is 1.72. The van der Waals surface area contributed by atoms with Crippen LogP contribution in [0.4, 0.5) is 0 Å². The van der Waals surface area contributed by atoms with Gasteiger partial charge >= 0.3 is 0 Å². The molecule has 0 saturated heterocycles. The summed E-state index contributed by atoms with van der Waals surface area (Å²) in [6.07, 6.45) is 0. The highest BCUT2D eigenvalue weighted by atomic mass is 32.2.